The molecule has 0 saturated heterocycles. The minimum absolute atomic E-state index is 0. The van der Waals surface area contributed by atoms with Crippen molar-refractivity contribution in [1.82, 2.24) is 0 Å². The van der Waals surface area contributed by atoms with E-state index in [9.17, 15) is 0 Å². The fraction of sp³-hybridized carbons (Fsp3) is 0. The van der Waals surface area contributed by atoms with Crippen molar-refractivity contribution in [3.63, 3.8) is 0 Å². The first-order valence-corrected chi connectivity index (χ1v) is 4.99. The van der Waals surface area contributed by atoms with Gasteiger partial charge in [-0.3, -0.25) is 0 Å². The van der Waals surface area contributed by atoms with Crippen molar-refractivity contribution in [2.24, 2.45) is 0 Å². The summed E-state index contributed by atoms with van der Waals surface area (Å²) in [5, 5.41) is 0. The Morgan fingerprint density at radius 2 is 1.33 bits per heavy atom. The van der Waals surface area contributed by atoms with Crippen LogP contribution in [0.4, 0.5) is 11.4 Å². The van der Waals surface area contributed by atoms with Crippen molar-refractivity contribution in [3.8, 4) is 0 Å². The van der Waals surface area contributed by atoms with E-state index in [1.165, 1.54) is 0 Å². The highest BCUT2D eigenvalue weighted by atomic mass is 32.1. The van der Waals surface area contributed by atoms with E-state index in [1.54, 1.807) is 0 Å². The molecule has 2 nitrogen and oxygen atoms in total. The van der Waals surface area contributed by atoms with Crippen LogP contribution in [0.1, 0.15) is 2.85 Å². The van der Waals surface area contributed by atoms with Gasteiger partial charge in [0.15, 0.2) is 0 Å². The third-order valence-electron chi connectivity index (χ3n) is 1.74. The average molecular weight is 222 g/mol. The van der Waals surface area contributed by atoms with Gasteiger partial charge in [0.25, 0.3) is 0 Å². The third kappa shape index (κ3) is 4.42. The van der Waals surface area contributed by atoms with E-state index in [-0.39, 0.29) is 2.85 Å². The largest absolute Gasteiger partial charge is 0.399 e. The average Bonchev–Trinajstić information content (AvgIpc) is 2.25. The molecule has 0 saturated carbocycles. The molecule has 82 valence electrons. The maximum Gasteiger partial charge on any atom is 0.0449 e. The van der Waals surface area contributed by atoms with E-state index in [0.29, 0.717) is 0 Å². The quantitative estimate of drug-likeness (QED) is 0.473. The monoisotopic (exact) mass is 222 g/mol. The highest BCUT2D eigenvalue weighted by Crippen LogP contribution is 2.13. The summed E-state index contributed by atoms with van der Waals surface area (Å²) in [6, 6.07) is 17.0. The SMILES string of the molecule is Nc1ccccc1.Nc1ccccc1S.[HH].[HH]. The number of hydrogen-bond donors (Lipinski definition) is 3. The smallest absolute Gasteiger partial charge is 0.0449 e. The summed E-state index contributed by atoms with van der Waals surface area (Å²) in [7, 11) is 0. The molecular formula is C12H18N2S. The number of thiol groups is 1. The Labute approximate surface area is 98.3 Å². The van der Waals surface area contributed by atoms with Gasteiger partial charge < -0.3 is 11.5 Å². The van der Waals surface area contributed by atoms with Crippen molar-refractivity contribution in [2.45, 2.75) is 4.90 Å². The lowest BCUT2D eigenvalue weighted by Crippen LogP contribution is -1.83. The molecule has 15 heavy (non-hydrogen) atoms. The highest BCUT2D eigenvalue weighted by molar-refractivity contribution is 7.80. The van der Waals surface area contributed by atoms with Crippen LogP contribution in [0.5, 0.6) is 0 Å². The van der Waals surface area contributed by atoms with Crippen LogP contribution in [-0.2, 0) is 0 Å². The van der Waals surface area contributed by atoms with Crippen molar-refractivity contribution >= 4 is 24.0 Å². The maximum atomic E-state index is 5.44. The minimum atomic E-state index is 0. The number of nitrogens with two attached hydrogens (primary N) is 2. The Hall–Kier alpha value is -1.61. The van der Waals surface area contributed by atoms with Crippen LogP contribution in [0.25, 0.3) is 0 Å². The lowest BCUT2D eigenvalue weighted by molar-refractivity contribution is 1.48. The molecule has 0 heterocycles. The second kappa shape index (κ2) is 5.98. The number of hydrogen-bond acceptors (Lipinski definition) is 3. The summed E-state index contributed by atoms with van der Waals surface area (Å²) in [6.45, 7) is 0. The summed E-state index contributed by atoms with van der Waals surface area (Å²) in [5.74, 6) is 0. The second-order valence-corrected chi connectivity index (χ2v) is 3.45. The maximum absolute atomic E-state index is 5.44. The summed E-state index contributed by atoms with van der Waals surface area (Å²) < 4.78 is 0. The van der Waals surface area contributed by atoms with Crippen LogP contribution >= 0.6 is 12.6 Å². The summed E-state index contributed by atoms with van der Waals surface area (Å²) in [6.07, 6.45) is 0. The van der Waals surface area contributed by atoms with Gasteiger partial charge >= 0.3 is 0 Å². The molecule has 2 rings (SSSR count). The van der Waals surface area contributed by atoms with Gasteiger partial charge in [0.05, 0.1) is 0 Å². The summed E-state index contributed by atoms with van der Waals surface area (Å²) in [5.41, 5.74) is 12.4. The Bertz CT molecular complexity index is 389. The zero-order valence-electron chi connectivity index (χ0n) is 8.30. The van der Waals surface area contributed by atoms with E-state index in [1.807, 2.05) is 54.6 Å². The fourth-order valence-electron chi connectivity index (χ4n) is 0.941. The van der Waals surface area contributed by atoms with Gasteiger partial charge in [-0.15, -0.1) is 12.6 Å². The molecule has 0 aliphatic heterocycles. The van der Waals surface area contributed by atoms with Crippen LogP contribution < -0.4 is 11.5 Å². The standard InChI is InChI=1S/C6H7NS.C6H7N.2H2/c7-5-3-1-2-4-6(5)8;7-6-4-2-1-3-5-6;;/h1-4,8H,7H2;1-5H,7H2;2*1H. The minimum Gasteiger partial charge on any atom is -0.399 e. The van der Waals surface area contributed by atoms with E-state index < -0.39 is 0 Å². The zero-order valence-corrected chi connectivity index (χ0v) is 9.19. The van der Waals surface area contributed by atoms with Crippen LogP contribution in [0.3, 0.4) is 0 Å². The summed E-state index contributed by atoms with van der Waals surface area (Å²) in [4.78, 5) is 0.840. The molecule has 3 heteroatoms. The molecule has 4 N–H and O–H groups in total. The fourth-order valence-corrected chi connectivity index (χ4v) is 1.10. The number of benzene rings is 2. The predicted octanol–water partition coefficient (Wildman–Crippen LogP) is 3.32. The van der Waals surface area contributed by atoms with E-state index in [0.717, 1.165) is 16.3 Å². The molecule has 0 spiro atoms. The van der Waals surface area contributed by atoms with E-state index in [4.69, 9.17) is 11.5 Å². The topological polar surface area (TPSA) is 52.0 Å². The third-order valence-corrected chi connectivity index (χ3v) is 2.14. The van der Waals surface area contributed by atoms with Crippen LogP contribution in [0, 0.1) is 0 Å². The van der Waals surface area contributed by atoms with Gasteiger partial charge in [-0.2, -0.15) is 0 Å². The van der Waals surface area contributed by atoms with Crippen LogP contribution in [0.15, 0.2) is 59.5 Å². The second-order valence-electron chi connectivity index (χ2n) is 2.97. The molecule has 0 bridgehead atoms. The molecule has 0 radical (unpaired) electrons. The Morgan fingerprint density at radius 3 is 1.67 bits per heavy atom. The number of rotatable bonds is 0. The first-order valence-electron chi connectivity index (χ1n) is 4.54. The van der Waals surface area contributed by atoms with Gasteiger partial charge in [-0.25, -0.2) is 0 Å². The molecule has 2 aromatic rings. The van der Waals surface area contributed by atoms with Crippen molar-refractivity contribution in [2.75, 3.05) is 11.5 Å². The van der Waals surface area contributed by atoms with Crippen LogP contribution in [0.2, 0.25) is 0 Å². The van der Waals surface area contributed by atoms with Gasteiger partial charge in [-0.1, -0.05) is 30.3 Å². The first-order chi connectivity index (χ1) is 7.20. The Morgan fingerprint density at radius 1 is 0.800 bits per heavy atom. The van der Waals surface area contributed by atoms with E-state index in [2.05, 4.69) is 12.6 Å². The molecule has 0 amide bonds. The molecule has 2 aromatic carbocycles. The van der Waals surface area contributed by atoms with Gasteiger partial charge in [-0.05, 0) is 24.3 Å². The normalized spacial score (nSPS) is 8.87. The number of nitrogen functional groups attached to an aromatic ring is 2. The van der Waals surface area contributed by atoms with Crippen molar-refractivity contribution in [1.29, 1.82) is 0 Å². The Balaban J connectivity index is 0. The lowest BCUT2D eigenvalue weighted by atomic mass is 10.3. The number of para-hydroxylation sites is 2. The molecule has 0 unspecified atom stereocenters. The van der Waals surface area contributed by atoms with Gasteiger partial charge in [0, 0.05) is 19.1 Å². The number of anilines is 2. The molecular weight excluding hydrogens is 204 g/mol. The predicted molar refractivity (Wildman–Crippen MR) is 73.2 cm³/mol. The Kier molecular flexibility index (Phi) is 4.57. The zero-order chi connectivity index (χ0) is 11.1. The molecule has 0 aromatic heterocycles. The summed E-state index contributed by atoms with van der Waals surface area (Å²) >= 11 is 4.07. The lowest BCUT2D eigenvalue weighted by Gasteiger charge is -1.92. The molecule has 0 atom stereocenters. The van der Waals surface area contributed by atoms with Gasteiger partial charge in [0.1, 0.15) is 0 Å². The first kappa shape index (κ1) is 11.5. The van der Waals surface area contributed by atoms with Crippen LogP contribution in [-0.4, -0.2) is 0 Å². The highest BCUT2D eigenvalue weighted by Gasteiger charge is 1.85. The van der Waals surface area contributed by atoms with E-state index >= 15 is 0 Å². The molecule has 0 aliphatic carbocycles. The molecule has 0 aliphatic rings. The molecule has 0 fully saturated rings. The van der Waals surface area contributed by atoms with Gasteiger partial charge in [0.2, 0.25) is 0 Å². The van der Waals surface area contributed by atoms with Crippen molar-refractivity contribution in [3.05, 3.63) is 54.6 Å². The van der Waals surface area contributed by atoms with Crippen molar-refractivity contribution < 1.29 is 2.85 Å².